The lowest BCUT2D eigenvalue weighted by Gasteiger charge is -2.03. The maximum atomic E-state index is 11.0. The van der Waals surface area contributed by atoms with E-state index in [4.69, 9.17) is 5.11 Å². The summed E-state index contributed by atoms with van der Waals surface area (Å²) in [6.07, 6.45) is 1.48. The molecule has 0 unspecified atom stereocenters. The summed E-state index contributed by atoms with van der Waals surface area (Å²) in [7, 11) is -2.14. The molecule has 0 spiro atoms. The fourth-order valence-electron chi connectivity index (χ4n) is 0.809. The third-order valence-corrected chi connectivity index (χ3v) is 2.43. The van der Waals surface area contributed by atoms with Crippen LogP contribution in [0.5, 0.6) is 0 Å². The lowest BCUT2D eigenvalue weighted by atomic mass is 10.2. The summed E-state index contributed by atoms with van der Waals surface area (Å²) in [6.45, 7) is 0. The van der Waals surface area contributed by atoms with Crippen LogP contribution in [0.1, 0.15) is 6.42 Å². The van der Waals surface area contributed by atoms with Crippen molar-refractivity contribution in [3.63, 3.8) is 0 Å². The van der Waals surface area contributed by atoms with E-state index in [-0.39, 0.29) is 17.7 Å². The molecule has 6 nitrogen and oxygen atoms in total. The van der Waals surface area contributed by atoms with E-state index in [1.165, 1.54) is 0 Å². The molecule has 1 N–H and O–H groups in total. The van der Waals surface area contributed by atoms with Crippen LogP contribution in [-0.4, -0.2) is 44.6 Å². The van der Waals surface area contributed by atoms with Crippen LogP contribution in [0, 0.1) is 0 Å². The minimum Gasteiger partial charge on any atom is -0.478 e. The first-order chi connectivity index (χ1) is 6.76. The average Bonchev–Trinajstić information content (AvgIpc) is 2.09. The molecular formula is C8H12O6S. The van der Waals surface area contributed by atoms with Crippen molar-refractivity contribution in [3.8, 4) is 0 Å². The van der Waals surface area contributed by atoms with Gasteiger partial charge in [0.25, 0.3) is 0 Å². The Bertz CT molecular complexity index is 378. The van der Waals surface area contributed by atoms with Crippen LogP contribution in [0.25, 0.3) is 0 Å². The van der Waals surface area contributed by atoms with E-state index in [0.717, 1.165) is 13.4 Å². The third kappa shape index (κ3) is 6.67. The third-order valence-electron chi connectivity index (χ3n) is 1.49. The minimum absolute atomic E-state index is 0.169. The number of aliphatic carboxylic acids is 1. The molecule has 0 aliphatic rings. The molecule has 86 valence electrons. The first-order valence-electron chi connectivity index (χ1n) is 3.96. The molecule has 0 aliphatic heterocycles. The number of carboxylic acid groups (broad SMARTS) is 1. The van der Waals surface area contributed by atoms with Gasteiger partial charge >= 0.3 is 11.9 Å². The standard InChI is InChI=1S/C8H12O6S/c1-14-8(11)6(5-7(9)10)3-4-15(2,12)13/h5H,3-4H2,1-2H3,(H,9,10)/b6-5+. The van der Waals surface area contributed by atoms with E-state index in [0.29, 0.717) is 6.08 Å². The molecule has 0 radical (unpaired) electrons. The van der Waals surface area contributed by atoms with Crippen LogP contribution in [0.2, 0.25) is 0 Å². The van der Waals surface area contributed by atoms with Crippen LogP contribution in [-0.2, 0) is 24.2 Å². The Balaban J connectivity index is 4.68. The highest BCUT2D eigenvalue weighted by atomic mass is 32.2. The molecule has 0 aromatic heterocycles. The summed E-state index contributed by atoms with van der Waals surface area (Å²) in [6, 6.07) is 0. The summed E-state index contributed by atoms with van der Waals surface area (Å²) in [4.78, 5) is 21.3. The Morgan fingerprint density at radius 1 is 1.40 bits per heavy atom. The van der Waals surface area contributed by atoms with Gasteiger partial charge in [0, 0.05) is 17.9 Å². The first-order valence-corrected chi connectivity index (χ1v) is 6.02. The normalized spacial score (nSPS) is 12.3. The molecule has 0 saturated carbocycles. The second kappa shape index (κ2) is 5.50. The van der Waals surface area contributed by atoms with Crippen LogP contribution < -0.4 is 0 Å². The van der Waals surface area contributed by atoms with Gasteiger partial charge < -0.3 is 9.84 Å². The zero-order valence-corrected chi connectivity index (χ0v) is 9.20. The first kappa shape index (κ1) is 13.6. The molecule has 0 aliphatic carbocycles. The lowest BCUT2D eigenvalue weighted by molar-refractivity contribution is -0.137. The summed E-state index contributed by atoms with van der Waals surface area (Å²) in [5, 5.41) is 8.42. The van der Waals surface area contributed by atoms with E-state index in [1.807, 2.05) is 0 Å². The number of ether oxygens (including phenoxy) is 1. The molecule has 0 aromatic rings. The Kier molecular flexibility index (Phi) is 4.99. The van der Waals surface area contributed by atoms with Crippen molar-refractivity contribution < 1.29 is 27.9 Å². The molecule has 0 amide bonds. The zero-order chi connectivity index (χ0) is 12.1. The molecule has 0 heterocycles. The van der Waals surface area contributed by atoms with E-state index < -0.39 is 21.8 Å². The number of carbonyl (C=O) groups excluding carboxylic acids is 1. The topological polar surface area (TPSA) is 97.7 Å². The number of esters is 1. The molecule has 0 aromatic carbocycles. The number of hydrogen-bond acceptors (Lipinski definition) is 5. The van der Waals surface area contributed by atoms with Crippen molar-refractivity contribution in [2.75, 3.05) is 19.1 Å². The number of carbonyl (C=O) groups is 2. The second-order valence-corrected chi connectivity index (χ2v) is 5.14. The van der Waals surface area contributed by atoms with E-state index >= 15 is 0 Å². The highest BCUT2D eigenvalue weighted by molar-refractivity contribution is 7.90. The average molecular weight is 236 g/mol. The lowest BCUT2D eigenvalue weighted by Crippen LogP contribution is -2.12. The van der Waals surface area contributed by atoms with Crippen LogP contribution in [0.4, 0.5) is 0 Å². The summed E-state index contributed by atoms with van der Waals surface area (Å²) in [5.74, 6) is -2.44. The SMILES string of the molecule is COC(=O)/C(=C/C(=O)O)CCS(C)(=O)=O. The van der Waals surface area contributed by atoms with E-state index in [9.17, 15) is 18.0 Å². The van der Waals surface area contributed by atoms with Crippen LogP contribution in [0.15, 0.2) is 11.6 Å². The molecule has 7 heteroatoms. The maximum Gasteiger partial charge on any atom is 0.334 e. The monoisotopic (exact) mass is 236 g/mol. The van der Waals surface area contributed by atoms with Gasteiger partial charge in [0.05, 0.1) is 12.9 Å². The smallest absolute Gasteiger partial charge is 0.334 e. The summed E-state index contributed by atoms with van der Waals surface area (Å²) >= 11 is 0. The van der Waals surface area contributed by atoms with Crippen molar-refractivity contribution in [3.05, 3.63) is 11.6 Å². The molecule has 0 rings (SSSR count). The largest absolute Gasteiger partial charge is 0.478 e. The highest BCUT2D eigenvalue weighted by Gasteiger charge is 2.14. The Morgan fingerprint density at radius 3 is 2.27 bits per heavy atom. The van der Waals surface area contributed by atoms with Crippen molar-refractivity contribution >= 4 is 21.8 Å². The molecule has 0 atom stereocenters. The number of methoxy groups -OCH3 is 1. The van der Waals surface area contributed by atoms with Gasteiger partial charge in [0.15, 0.2) is 0 Å². The van der Waals surface area contributed by atoms with Gasteiger partial charge in [-0.1, -0.05) is 0 Å². The fourth-order valence-corrected chi connectivity index (χ4v) is 1.40. The fraction of sp³-hybridized carbons (Fsp3) is 0.500. The molecule has 0 saturated heterocycles. The molecule has 15 heavy (non-hydrogen) atoms. The van der Waals surface area contributed by atoms with Gasteiger partial charge in [-0.25, -0.2) is 18.0 Å². The number of carboxylic acids is 1. The van der Waals surface area contributed by atoms with Gasteiger partial charge in [0.2, 0.25) is 0 Å². The Labute approximate surface area is 87.5 Å². The molecule has 0 bridgehead atoms. The zero-order valence-electron chi connectivity index (χ0n) is 8.39. The number of rotatable bonds is 5. The van der Waals surface area contributed by atoms with Crippen LogP contribution >= 0.6 is 0 Å². The van der Waals surface area contributed by atoms with Gasteiger partial charge in [0.1, 0.15) is 9.84 Å². The number of hydrogen-bond donors (Lipinski definition) is 1. The number of sulfone groups is 1. The maximum absolute atomic E-state index is 11.0. The highest BCUT2D eigenvalue weighted by Crippen LogP contribution is 2.05. The van der Waals surface area contributed by atoms with Crippen molar-refractivity contribution in [2.24, 2.45) is 0 Å². The van der Waals surface area contributed by atoms with Gasteiger partial charge in [-0.05, 0) is 6.42 Å². The van der Waals surface area contributed by atoms with Crippen LogP contribution in [0.3, 0.4) is 0 Å². The Morgan fingerprint density at radius 2 is 1.93 bits per heavy atom. The second-order valence-electron chi connectivity index (χ2n) is 2.88. The van der Waals surface area contributed by atoms with Crippen molar-refractivity contribution in [2.45, 2.75) is 6.42 Å². The minimum atomic E-state index is -3.24. The predicted molar refractivity (Wildman–Crippen MR) is 52.1 cm³/mol. The molecule has 0 fully saturated rings. The van der Waals surface area contributed by atoms with Crippen molar-refractivity contribution in [1.82, 2.24) is 0 Å². The summed E-state index contributed by atoms with van der Waals surface area (Å²) in [5.41, 5.74) is -0.171. The summed E-state index contributed by atoms with van der Waals surface area (Å²) < 4.78 is 25.9. The quantitative estimate of drug-likeness (QED) is 0.515. The van der Waals surface area contributed by atoms with E-state index in [2.05, 4.69) is 4.74 Å². The van der Waals surface area contributed by atoms with E-state index in [1.54, 1.807) is 0 Å². The predicted octanol–water partition coefficient (Wildman–Crippen LogP) is -0.395. The Hall–Kier alpha value is -1.37. The van der Waals surface area contributed by atoms with Gasteiger partial charge in [-0.3, -0.25) is 0 Å². The van der Waals surface area contributed by atoms with Gasteiger partial charge in [-0.15, -0.1) is 0 Å². The van der Waals surface area contributed by atoms with Crippen molar-refractivity contribution in [1.29, 1.82) is 0 Å². The molecular weight excluding hydrogens is 224 g/mol. The van der Waals surface area contributed by atoms with Gasteiger partial charge in [-0.2, -0.15) is 0 Å².